The largest absolute Gasteiger partial charge is 0.370 e. The van der Waals surface area contributed by atoms with E-state index in [9.17, 15) is 4.79 Å². The average Bonchev–Trinajstić information content (AvgIpc) is 2.80. The van der Waals surface area contributed by atoms with Gasteiger partial charge in [0.15, 0.2) is 0 Å². The van der Waals surface area contributed by atoms with Crippen molar-refractivity contribution in [2.24, 2.45) is 0 Å². The Hall–Kier alpha value is -2.60. The number of thioether (sulfide) groups is 1. The van der Waals surface area contributed by atoms with E-state index < -0.39 is 0 Å². The summed E-state index contributed by atoms with van der Waals surface area (Å²) in [5, 5.41) is 5.48. The van der Waals surface area contributed by atoms with Crippen LogP contribution in [0.4, 0.5) is 5.69 Å². The number of fused-ring (bicyclic) bond motifs is 3. The lowest BCUT2D eigenvalue weighted by Gasteiger charge is -2.37. The van der Waals surface area contributed by atoms with Crippen molar-refractivity contribution in [3.63, 3.8) is 0 Å². The molecule has 5 rings (SSSR count). The molecule has 4 nitrogen and oxygen atoms in total. The van der Waals surface area contributed by atoms with Crippen molar-refractivity contribution in [3.8, 4) is 0 Å². The van der Waals surface area contributed by atoms with Gasteiger partial charge in [-0.15, -0.1) is 11.8 Å². The Labute approximate surface area is 187 Å². The van der Waals surface area contributed by atoms with Gasteiger partial charge >= 0.3 is 0 Å². The standard InChI is InChI=1S/C26H26N2O2S/c1-28(12-14-30-15-13-28)17-19-6-9-22(10-7-19)27-26(29)21-16-24-23-5-3-2-4-20(23)8-11-25(24)31-18-21/h2-11,16H,12-15,17-18H2,1H3/p+1. The van der Waals surface area contributed by atoms with Crippen LogP contribution in [0.1, 0.15) is 11.1 Å². The van der Waals surface area contributed by atoms with Crippen molar-refractivity contribution in [3.05, 3.63) is 77.4 Å². The van der Waals surface area contributed by atoms with E-state index in [0.29, 0.717) is 5.75 Å². The van der Waals surface area contributed by atoms with Crippen LogP contribution in [0.15, 0.2) is 71.1 Å². The molecule has 0 bridgehead atoms. The minimum atomic E-state index is -0.0222. The molecule has 0 radical (unpaired) electrons. The molecule has 1 fully saturated rings. The molecule has 2 aliphatic rings. The summed E-state index contributed by atoms with van der Waals surface area (Å²) in [5.41, 5.74) is 4.09. The molecule has 1 N–H and O–H groups in total. The number of anilines is 1. The van der Waals surface area contributed by atoms with E-state index in [-0.39, 0.29) is 5.91 Å². The van der Waals surface area contributed by atoms with Gasteiger partial charge in [-0.25, -0.2) is 0 Å². The zero-order valence-corrected chi connectivity index (χ0v) is 18.6. The van der Waals surface area contributed by atoms with E-state index in [1.54, 1.807) is 11.8 Å². The highest BCUT2D eigenvalue weighted by molar-refractivity contribution is 7.99. The Balaban J connectivity index is 1.30. The van der Waals surface area contributed by atoms with Gasteiger partial charge in [0.25, 0.3) is 5.91 Å². The lowest BCUT2D eigenvalue weighted by molar-refractivity contribution is -0.929. The van der Waals surface area contributed by atoms with Gasteiger partial charge in [-0.3, -0.25) is 4.79 Å². The highest BCUT2D eigenvalue weighted by atomic mass is 32.2. The Bertz CT molecular complexity index is 1150. The summed E-state index contributed by atoms with van der Waals surface area (Å²) in [6.45, 7) is 4.73. The zero-order valence-electron chi connectivity index (χ0n) is 17.8. The zero-order chi connectivity index (χ0) is 21.3. The number of benzene rings is 3. The molecule has 5 heteroatoms. The second kappa shape index (κ2) is 8.50. The van der Waals surface area contributed by atoms with Gasteiger partial charge in [0.1, 0.15) is 19.6 Å². The number of likely N-dealkylation sites (N-methyl/N-ethyl adjacent to an activating group) is 1. The Morgan fingerprint density at radius 3 is 2.61 bits per heavy atom. The van der Waals surface area contributed by atoms with Crippen LogP contribution in [-0.4, -0.2) is 49.5 Å². The van der Waals surface area contributed by atoms with Crippen molar-refractivity contribution < 1.29 is 14.0 Å². The van der Waals surface area contributed by atoms with Crippen LogP contribution in [0.25, 0.3) is 16.8 Å². The molecule has 1 saturated heterocycles. The van der Waals surface area contributed by atoms with Crippen LogP contribution in [0.5, 0.6) is 0 Å². The van der Waals surface area contributed by atoms with Crippen LogP contribution < -0.4 is 5.32 Å². The van der Waals surface area contributed by atoms with Gasteiger partial charge in [0.2, 0.25) is 0 Å². The second-order valence-corrected chi connectivity index (χ2v) is 9.66. The molecule has 0 atom stereocenters. The van der Waals surface area contributed by atoms with Crippen LogP contribution >= 0.6 is 11.8 Å². The quantitative estimate of drug-likeness (QED) is 0.595. The number of rotatable bonds is 4. The molecular formula is C26H27N2O2S+. The van der Waals surface area contributed by atoms with Crippen molar-refractivity contribution >= 4 is 40.2 Å². The second-order valence-electron chi connectivity index (χ2n) is 8.65. The lowest BCUT2D eigenvalue weighted by atomic mass is 10.0. The molecule has 3 aromatic carbocycles. The molecule has 1 amide bonds. The summed E-state index contributed by atoms with van der Waals surface area (Å²) in [6, 6.07) is 20.9. The van der Waals surface area contributed by atoms with E-state index in [0.717, 1.165) is 54.2 Å². The topological polar surface area (TPSA) is 38.3 Å². The Morgan fingerprint density at radius 1 is 1.03 bits per heavy atom. The number of hydrogen-bond acceptors (Lipinski definition) is 3. The summed E-state index contributed by atoms with van der Waals surface area (Å²) in [6.07, 6.45) is 2.06. The van der Waals surface area contributed by atoms with Gasteiger partial charge in [-0.2, -0.15) is 0 Å². The minimum absolute atomic E-state index is 0.0222. The summed E-state index contributed by atoms with van der Waals surface area (Å²) < 4.78 is 6.50. The highest BCUT2D eigenvalue weighted by Gasteiger charge is 2.25. The molecule has 0 aromatic heterocycles. The molecule has 31 heavy (non-hydrogen) atoms. The number of amides is 1. The fourth-order valence-corrected chi connectivity index (χ4v) is 5.35. The van der Waals surface area contributed by atoms with Crippen LogP contribution in [-0.2, 0) is 16.1 Å². The maximum absolute atomic E-state index is 13.0. The third-order valence-corrected chi connectivity index (χ3v) is 7.37. The summed E-state index contributed by atoms with van der Waals surface area (Å²) >= 11 is 1.73. The number of ether oxygens (including phenoxy) is 1. The van der Waals surface area contributed by atoms with Gasteiger partial charge in [0.05, 0.1) is 20.3 Å². The number of nitrogens with zero attached hydrogens (tertiary/aromatic N) is 1. The predicted molar refractivity (Wildman–Crippen MR) is 128 cm³/mol. The van der Waals surface area contributed by atoms with Crippen LogP contribution in [0.2, 0.25) is 0 Å². The first-order chi connectivity index (χ1) is 15.1. The Morgan fingerprint density at radius 2 is 1.81 bits per heavy atom. The van der Waals surface area contributed by atoms with Crippen molar-refractivity contribution in [2.75, 3.05) is 44.4 Å². The summed E-state index contributed by atoms with van der Waals surface area (Å²) in [7, 11) is 2.28. The van der Waals surface area contributed by atoms with E-state index >= 15 is 0 Å². The van der Waals surface area contributed by atoms with Gasteiger partial charge in [0, 0.05) is 27.5 Å². The molecule has 2 aliphatic heterocycles. The molecule has 0 saturated carbocycles. The predicted octanol–water partition coefficient (Wildman–Crippen LogP) is 4.94. The number of hydrogen-bond donors (Lipinski definition) is 1. The summed E-state index contributed by atoms with van der Waals surface area (Å²) in [4.78, 5) is 14.2. The Kier molecular flexibility index (Phi) is 5.57. The first kappa shape index (κ1) is 20.3. The number of nitrogens with one attached hydrogen (secondary N) is 1. The van der Waals surface area contributed by atoms with E-state index in [1.165, 1.54) is 21.2 Å². The number of carbonyl (C=O) groups is 1. The normalized spacial score (nSPS) is 17.6. The third kappa shape index (κ3) is 4.40. The average molecular weight is 432 g/mol. The number of carbonyl (C=O) groups excluding carboxylic acids is 1. The van der Waals surface area contributed by atoms with Crippen molar-refractivity contribution in [1.82, 2.24) is 0 Å². The third-order valence-electron chi connectivity index (χ3n) is 6.25. The van der Waals surface area contributed by atoms with Crippen LogP contribution in [0.3, 0.4) is 0 Å². The lowest BCUT2D eigenvalue weighted by Crippen LogP contribution is -2.51. The van der Waals surface area contributed by atoms with E-state index in [4.69, 9.17) is 4.74 Å². The van der Waals surface area contributed by atoms with Gasteiger partial charge in [-0.05, 0) is 40.6 Å². The van der Waals surface area contributed by atoms with Crippen molar-refractivity contribution in [1.29, 1.82) is 0 Å². The first-order valence-corrected chi connectivity index (χ1v) is 11.7. The monoisotopic (exact) mass is 431 g/mol. The van der Waals surface area contributed by atoms with Crippen LogP contribution in [0, 0.1) is 0 Å². The first-order valence-electron chi connectivity index (χ1n) is 10.8. The molecule has 3 aromatic rings. The molecule has 0 unspecified atom stereocenters. The fraction of sp³-hybridized carbons (Fsp3) is 0.269. The highest BCUT2D eigenvalue weighted by Crippen LogP contribution is 2.36. The molecule has 2 heterocycles. The minimum Gasteiger partial charge on any atom is -0.370 e. The molecule has 158 valence electrons. The fourth-order valence-electron chi connectivity index (χ4n) is 4.34. The maximum Gasteiger partial charge on any atom is 0.252 e. The van der Waals surface area contributed by atoms with Gasteiger partial charge in [-0.1, -0.05) is 42.5 Å². The summed E-state index contributed by atoms with van der Waals surface area (Å²) in [5.74, 6) is 0.665. The van der Waals surface area contributed by atoms with Crippen molar-refractivity contribution in [2.45, 2.75) is 11.4 Å². The molecular weight excluding hydrogens is 404 g/mol. The SMILES string of the molecule is C[N+]1(Cc2ccc(NC(=O)C3=Cc4c(ccc5ccccc45)SC3)cc2)CCOCC1. The van der Waals surface area contributed by atoms with E-state index in [2.05, 4.69) is 60.9 Å². The maximum atomic E-state index is 13.0. The molecule has 0 aliphatic carbocycles. The number of morpholine rings is 1. The van der Waals surface area contributed by atoms with E-state index in [1.807, 2.05) is 18.2 Å². The smallest absolute Gasteiger partial charge is 0.252 e. The van der Waals surface area contributed by atoms with Gasteiger partial charge < -0.3 is 14.5 Å². The number of quaternary nitrogens is 1. The molecule has 0 spiro atoms.